The van der Waals surface area contributed by atoms with Crippen LogP contribution in [0.3, 0.4) is 0 Å². The van der Waals surface area contributed by atoms with Crippen LogP contribution in [-0.2, 0) is 7.05 Å². The summed E-state index contributed by atoms with van der Waals surface area (Å²) in [7, 11) is 4.07. The maximum atomic E-state index is 4.95. The van der Waals surface area contributed by atoms with Gasteiger partial charge in [0.05, 0.1) is 34.8 Å². The highest BCUT2D eigenvalue weighted by molar-refractivity contribution is 5.94. The summed E-state index contributed by atoms with van der Waals surface area (Å²) in [5, 5.41) is 12.9. The average Bonchev–Trinajstić information content (AvgIpc) is 3.51. The van der Waals surface area contributed by atoms with Gasteiger partial charge in [0.15, 0.2) is 5.82 Å². The Bertz CT molecular complexity index is 1380. The van der Waals surface area contributed by atoms with Gasteiger partial charge in [-0.05, 0) is 45.1 Å². The quantitative estimate of drug-likeness (QED) is 0.471. The Morgan fingerprint density at radius 2 is 1.94 bits per heavy atom. The SMILES string of the molecule is CN1CCC(c2nccc3[nH]c(-c4n[nH]c5cnc(-c6cnn(C)c6)cc45)nc23)CC1. The molecule has 156 valence electrons. The second-order valence-corrected chi connectivity index (χ2v) is 8.35. The summed E-state index contributed by atoms with van der Waals surface area (Å²) in [5.41, 5.74) is 6.51. The molecule has 5 aromatic rings. The van der Waals surface area contributed by atoms with Crippen molar-refractivity contribution < 1.29 is 0 Å². The standard InChI is InChI=1S/C22H23N9/c1-30-7-4-13(5-8-30)19-21-16(3-6-23-19)26-22(27-21)20-15-9-17(14-10-25-31(2)12-14)24-11-18(15)28-29-20/h3,6,9-13H,4-5,7-8H2,1-2H3,(H,26,27)(H,28,29). The molecule has 0 spiro atoms. The van der Waals surface area contributed by atoms with E-state index in [1.165, 1.54) is 0 Å². The molecule has 0 aromatic carbocycles. The molecule has 0 amide bonds. The topological polar surface area (TPSA) is 104 Å². The van der Waals surface area contributed by atoms with Crippen molar-refractivity contribution in [2.24, 2.45) is 7.05 Å². The number of aromatic nitrogens is 8. The van der Waals surface area contributed by atoms with Gasteiger partial charge in [-0.1, -0.05) is 0 Å². The van der Waals surface area contributed by atoms with Gasteiger partial charge in [-0.15, -0.1) is 0 Å². The van der Waals surface area contributed by atoms with E-state index >= 15 is 0 Å². The molecule has 1 aliphatic heterocycles. The van der Waals surface area contributed by atoms with Crippen molar-refractivity contribution in [3.8, 4) is 22.8 Å². The molecule has 0 aliphatic carbocycles. The van der Waals surface area contributed by atoms with E-state index in [1.807, 2.05) is 44.0 Å². The summed E-state index contributed by atoms with van der Waals surface area (Å²) in [6.07, 6.45) is 9.67. The number of aryl methyl sites for hydroxylation is 1. The second kappa shape index (κ2) is 6.98. The summed E-state index contributed by atoms with van der Waals surface area (Å²) in [6.45, 7) is 2.18. The molecule has 1 saturated heterocycles. The van der Waals surface area contributed by atoms with Crippen molar-refractivity contribution in [2.45, 2.75) is 18.8 Å². The number of nitrogens with one attached hydrogen (secondary N) is 2. The van der Waals surface area contributed by atoms with Crippen LogP contribution in [0.2, 0.25) is 0 Å². The van der Waals surface area contributed by atoms with Crippen molar-refractivity contribution in [3.63, 3.8) is 0 Å². The van der Waals surface area contributed by atoms with Gasteiger partial charge >= 0.3 is 0 Å². The maximum absolute atomic E-state index is 4.95. The lowest BCUT2D eigenvalue weighted by molar-refractivity contribution is 0.254. The molecule has 0 unspecified atom stereocenters. The summed E-state index contributed by atoms with van der Waals surface area (Å²) in [5.74, 6) is 1.18. The number of nitrogens with zero attached hydrogens (tertiary/aromatic N) is 7. The summed E-state index contributed by atoms with van der Waals surface area (Å²) >= 11 is 0. The monoisotopic (exact) mass is 413 g/mol. The van der Waals surface area contributed by atoms with E-state index in [9.17, 15) is 0 Å². The maximum Gasteiger partial charge on any atom is 0.159 e. The number of rotatable bonds is 3. The minimum Gasteiger partial charge on any atom is -0.336 e. The van der Waals surface area contributed by atoms with Crippen LogP contribution in [0.15, 0.2) is 36.9 Å². The molecular formula is C22H23N9. The van der Waals surface area contributed by atoms with E-state index in [0.29, 0.717) is 5.92 Å². The smallest absolute Gasteiger partial charge is 0.159 e. The van der Waals surface area contributed by atoms with Gasteiger partial charge < -0.3 is 9.88 Å². The number of pyridine rings is 2. The summed E-state index contributed by atoms with van der Waals surface area (Å²) in [4.78, 5) is 20.1. The third-order valence-electron chi connectivity index (χ3n) is 6.21. The molecule has 6 heterocycles. The molecule has 9 heteroatoms. The van der Waals surface area contributed by atoms with E-state index in [-0.39, 0.29) is 0 Å². The first-order valence-electron chi connectivity index (χ1n) is 10.5. The van der Waals surface area contributed by atoms with Crippen LogP contribution in [0.4, 0.5) is 0 Å². The Morgan fingerprint density at radius 3 is 2.74 bits per heavy atom. The van der Waals surface area contributed by atoms with Gasteiger partial charge in [0.25, 0.3) is 0 Å². The van der Waals surface area contributed by atoms with Crippen LogP contribution in [0, 0.1) is 0 Å². The van der Waals surface area contributed by atoms with Crippen LogP contribution in [-0.4, -0.2) is 65.0 Å². The van der Waals surface area contributed by atoms with Crippen LogP contribution in [0.25, 0.3) is 44.7 Å². The van der Waals surface area contributed by atoms with Crippen LogP contribution >= 0.6 is 0 Å². The molecule has 0 saturated carbocycles. The molecule has 0 atom stereocenters. The fourth-order valence-electron chi connectivity index (χ4n) is 4.46. The predicted octanol–water partition coefficient (Wildman–Crippen LogP) is 3.11. The number of hydrogen-bond donors (Lipinski definition) is 2. The van der Waals surface area contributed by atoms with E-state index in [0.717, 1.165) is 76.3 Å². The number of hydrogen-bond acceptors (Lipinski definition) is 6. The van der Waals surface area contributed by atoms with E-state index in [1.54, 1.807) is 4.68 Å². The highest BCUT2D eigenvalue weighted by Crippen LogP contribution is 2.33. The summed E-state index contributed by atoms with van der Waals surface area (Å²) in [6, 6.07) is 4.02. The Balaban J connectivity index is 1.44. The fourth-order valence-corrected chi connectivity index (χ4v) is 4.46. The molecule has 0 radical (unpaired) electrons. The van der Waals surface area contributed by atoms with Crippen LogP contribution < -0.4 is 0 Å². The Morgan fingerprint density at radius 1 is 1.06 bits per heavy atom. The Hall–Kier alpha value is -3.59. The van der Waals surface area contributed by atoms with Crippen LogP contribution in [0.1, 0.15) is 24.5 Å². The number of piperidine rings is 1. The van der Waals surface area contributed by atoms with Crippen molar-refractivity contribution in [1.82, 2.24) is 44.8 Å². The molecule has 1 aliphatic rings. The lowest BCUT2D eigenvalue weighted by Gasteiger charge is -2.28. The van der Waals surface area contributed by atoms with Gasteiger partial charge in [0.2, 0.25) is 0 Å². The van der Waals surface area contributed by atoms with E-state index in [2.05, 4.69) is 37.2 Å². The molecule has 5 aromatic heterocycles. The highest BCUT2D eigenvalue weighted by atomic mass is 15.2. The molecule has 2 N–H and O–H groups in total. The number of H-pyrrole nitrogens is 2. The Labute approximate surface area is 178 Å². The lowest BCUT2D eigenvalue weighted by atomic mass is 9.92. The second-order valence-electron chi connectivity index (χ2n) is 8.35. The van der Waals surface area contributed by atoms with Gasteiger partial charge in [0.1, 0.15) is 11.2 Å². The predicted molar refractivity (Wildman–Crippen MR) is 118 cm³/mol. The lowest BCUT2D eigenvalue weighted by Crippen LogP contribution is -2.29. The average molecular weight is 413 g/mol. The normalized spacial score (nSPS) is 15.9. The molecular weight excluding hydrogens is 390 g/mol. The first-order valence-corrected chi connectivity index (χ1v) is 10.5. The third kappa shape index (κ3) is 3.09. The minimum absolute atomic E-state index is 0.438. The zero-order valence-electron chi connectivity index (χ0n) is 17.5. The van der Waals surface area contributed by atoms with Gasteiger partial charge in [-0.3, -0.25) is 19.7 Å². The van der Waals surface area contributed by atoms with Crippen LogP contribution in [0.5, 0.6) is 0 Å². The number of fused-ring (bicyclic) bond motifs is 2. The minimum atomic E-state index is 0.438. The largest absolute Gasteiger partial charge is 0.336 e. The number of aromatic amines is 2. The zero-order chi connectivity index (χ0) is 20.9. The first kappa shape index (κ1) is 18.2. The fraction of sp³-hybridized carbons (Fsp3) is 0.318. The third-order valence-corrected chi connectivity index (χ3v) is 6.21. The van der Waals surface area contributed by atoms with Crippen molar-refractivity contribution in [3.05, 3.63) is 42.6 Å². The van der Waals surface area contributed by atoms with Gasteiger partial charge in [-0.25, -0.2) is 4.98 Å². The molecule has 31 heavy (non-hydrogen) atoms. The molecule has 9 nitrogen and oxygen atoms in total. The van der Waals surface area contributed by atoms with E-state index in [4.69, 9.17) is 9.97 Å². The van der Waals surface area contributed by atoms with Gasteiger partial charge in [0, 0.05) is 36.3 Å². The number of likely N-dealkylation sites (tertiary alicyclic amines) is 1. The first-order chi connectivity index (χ1) is 15.2. The van der Waals surface area contributed by atoms with Crippen molar-refractivity contribution in [1.29, 1.82) is 0 Å². The molecule has 6 rings (SSSR count). The van der Waals surface area contributed by atoms with Gasteiger partial charge in [-0.2, -0.15) is 10.2 Å². The highest BCUT2D eigenvalue weighted by Gasteiger charge is 2.23. The molecule has 0 bridgehead atoms. The number of imidazole rings is 1. The Kier molecular flexibility index (Phi) is 4.10. The molecule has 1 fully saturated rings. The zero-order valence-corrected chi connectivity index (χ0v) is 17.5. The van der Waals surface area contributed by atoms with Crippen molar-refractivity contribution in [2.75, 3.05) is 20.1 Å². The van der Waals surface area contributed by atoms with Crippen molar-refractivity contribution >= 4 is 21.9 Å². The summed E-state index contributed by atoms with van der Waals surface area (Å²) < 4.78 is 1.77. The van der Waals surface area contributed by atoms with E-state index < -0.39 is 0 Å².